The molecule has 0 saturated heterocycles. The minimum absolute atomic E-state index is 0.536. The van der Waals surface area contributed by atoms with E-state index in [1.807, 2.05) is 13.8 Å². The zero-order valence-corrected chi connectivity index (χ0v) is 12.4. The molecule has 0 aromatic rings. The fourth-order valence-corrected chi connectivity index (χ4v) is 2.70. The topological polar surface area (TPSA) is 0 Å². The van der Waals surface area contributed by atoms with Crippen LogP contribution in [0.2, 0.25) is 0 Å². The van der Waals surface area contributed by atoms with E-state index in [0.717, 1.165) is 0 Å². The quantitative estimate of drug-likeness (QED) is 0.516. The molecule has 0 aromatic heterocycles. The first-order chi connectivity index (χ1) is 7.66. The van der Waals surface area contributed by atoms with Gasteiger partial charge >= 0.3 is 0 Å². The van der Waals surface area contributed by atoms with Crippen molar-refractivity contribution in [3.63, 3.8) is 0 Å². The normalized spacial score (nSPS) is 21.1. The molecular formula is C16H32. The van der Waals surface area contributed by atoms with Gasteiger partial charge in [-0.3, -0.25) is 0 Å². The van der Waals surface area contributed by atoms with Gasteiger partial charge in [-0.2, -0.15) is 0 Å². The van der Waals surface area contributed by atoms with Crippen LogP contribution in [0.3, 0.4) is 0 Å². The third-order valence-electron chi connectivity index (χ3n) is 4.73. The second-order valence-electron chi connectivity index (χ2n) is 4.97. The first-order valence-electron chi connectivity index (χ1n) is 7.36. The van der Waals surface area contributed by atoms with E-state index in [0.29, 0.717) is 10.8 Å². The van der Waals surface area contributed by atoms with Crippen LogP contribution in [0, 0.1) is 10.8 Å². The van der Waals surface area contributed by atoms with E-state index in [9.17, 15) is 0 Å². The van der Waals surface area contributed by atoms with Gasteiger partial charge in [-0.05, 0) is 49.4 Å². The number of rotatable bonds is 4. The highest BCUT2D eigenvalue weighted by Crippen LogP contribution is 2.46. The van der Waals surface area contributed by atoms with Gasteiger partial charge in [0.05, 0.1) is 0 Å². The summed E-state index contributed by atoms with van der Waals surface area (Å²) in [6.07, 6.45) is 13.1. The van der Waals surface area contributed by atoms with Crippen LogP contribution in [0.15, 0.2) is 12.2 Å². The summed E-state index contributed by atoms with van der Waals surface area (Å²) in [6, 6.07) is 0. The summed E-state index contributed by atoms with van der Waals surface area (Å²) in [5, 5.41) is 0. The van der Waals surface area contributed by atoms with Gasteiger partial charge in [0, 0.05) is 0 Å². The summed E-state index contributed by atoms with van der Waals surface area (Å²) in [5.74, 6) is 0. The molecule has 0 aromatic carbocycles. The first kappa shape index (κ1) is 15.7. The molecule has 0 spiro atoms. The zero-order valence-electron chi connectivity index (χ0n) is 12.4. The van der Waals surface area contributed by atoms with Crippen molar-refractivity contribution in [1.29, 1.82) is 0 Å². The van der Waals surface area contributed by atoms with Gasteiger partial charge in [0.2, 0.25) is 0 Å². The van der Waals surface area contributed by atoms with Crippen molar-refractivity contribution in [2.24, 2.45) is 10.8 Å². The molecule has 0 nitrogen and oxygen atoms in total. The molecule has 0 heterocycles. The molecule has 0 heteroatoms. The smallest absolute Gasteiger partial charge is 0.0123 e. The van der Waals surface area contributed by atoms with Crippen LogP contribution in [-0.2, 0) is 0 Å². The minimum atomic E-state index is 0.536. The molecule has 1 rings (SSSR count). The Hall–Kier alpha value is -0.260. The monoisotopic (exact) mass is 224 g/mol. The summed E-state index contributed by atoms with van der Waals surface area (Å²) in [5.41, 5.74) is 1.07. The second-order valence-corrected chi connectivity index (χ2v) is 4.97. The Morgan fingerprint density at radius 2 is 0.938 bits per heavy atom. The SMILES string of the molecule is CC.CCC1(CC)C=CC(CC)(CC)CC1. The van der Waals surface area contributed by atoms with E-state index in [2.05, 4.69) is 39.8 Å². The van der Waals surface area contributed by atoms with Gasteiger partial charge in [-0.1, -0.05) is 53.7 Å². The average Bonchev–Trinajstić information content (AvgIpc) is 2.41. The van der Waals surface area contributed by atoms with Crippen molar-refractivity contribution in [2.45, 2.75) is 80.1 Å². The number of hydrogen-bond donors (Lipinski definition) is 0. The Morgan fingerprint density at radius 3 is 1.06 bits per heavy atom. The van der Waals surface area contributed by atoms with E-state index in [4.69, 9.17) is 0 Å². The third kappa shape index (κ3) is 3.37. The highest BCUT2D eigenvalue weighted by Gasteiger charge is 2.34. The number of allylic oxidation sites excluding steroid dienone is 2. The standard InChI is InChI=1S/C14H26.C2H6/c1-5-13(6-2)9-11-14(7-3,8-4)12-10-13;1-2/h9,11H,5-8,10,12H2,1-4H3;1-2H3. The molecule has 1 aliphatic rings. The Morgan fingerprint density at radius 1 is 0.688 bits per heavy atom. The first-order valence-corrected chi connectivity index (χ1v) is 7.36. The lowest BCUT2D eigenvalue weighted by Gasteiger charge is -2.40. The lowest BCUT2D eigenvalue weighted by atomic mass is 9.65. The summed E-state index contributed by atoms with van der Waals surface area (Å²) >= 11 is 0. The lowest BCUT2D eigenvalue weighted by Crippen LogP contribution is -2.28. The largest absolute Gasteiger partial charge is 0.0818 e. The maximum Gasteiger partial charge on any atom is -0.0123 e. The maximum atomic E-state index is 2.53. The predicted octanol–water partition coefficient (Wildman–Crippen LogP) is 5.98. The van der Waals surface area contributed by atoms with Gasteiger partial charge < -0.3 is 0 Å². The third-order valence-corrected chi connectivity index (χ3v) is 4.73. The van der Waals surface area contributed by atoms with Crippen molar-refractivity contribution in [1.82, 2.24) is 0 Å². The molecule has 0 aliphatic heterocycles. The van der Waals surface area contributed by atoms with Gasteiger partial charge in [0.25, 0.3) is 0 Å². The fraction of sp³-hybridized carbons (Fsp3) is 0.875. The molecular weight excluding hydrogens is 192 g/mol. The van der Waals surface area contributed by atoms with E-state index in [-0.39, 0.29) is 0 Å². The van der Waals surface area contributed by atoms with E-state index in [1.165, 1.54) is 38.5 Å². The minimum Gasteiger partial charge on any atom is -0.0818 e. The van der Waals surface area contributed by atoms with Gasteiger partial charge in [-0.25, -0.2) is 0 Å². The summed E-state index contributed by atoms with van der Waals surface area (Å²) in [6.45, 7) is 13.3. The molecule has 1 aliphatic carbocycles. The highest BCUT2D eigenvalue weighted by molar-refractivity contribution is 5.11. The molecule has 0 unspecified atom stereocenters. The lowest BCUT2D eigenvalue weighted by molar-refractivity contribution is 0.206. The molecule has 0 fully saturated rings. The van der Waals surface area contributed by atoms with Crippen molar-refractivity contribution in [2.75, 3.05) is 0 Å². The van der Waals surface area contributed by atoms with Gasteiger partial charge in [0.15, 0.2) is 0 Å². The predicted molar refractivity (Wildman–Crippen MR) is 75.8 cm³/mol. The Bertz CT molecular complexity index is 170. The van der Waals surface area contributed by atoms with Crippen molar-refractivity contribution >= 4 is 0 Å². The van der Waals surface area contributed by atoms with E-state index in [1.54, 1.807) is 0 Å². The van der Waals surface area contributed by atoms with Gasteiger partial charge in [0.1, 0.15) is 0 Å². The van der Waals surface area contributed by atoms with Crippen LogP contribution < -0.4 is 0 Å². The van der Waals surface area contributed by atoms with Crippen molar-refractivity contribution < 1.29 is 0 Å². The summed E-state index contributed by atoms with van der Waals surface area (Å²) in [7, 11) is 0. The summed E-state index contributed by atoms with van der Waals surface area (Å²) < 4.78 is 0. The Labute approximate surface area is 104 Å². The van der Waals surface area contributed by atoms with Crippen LogP contribution in [0.1, 0.15) is 80.1 Å². The van der Waals surface area contributed by atoms with Crippen LogP contribution in [-0.4, -0.2) is 0 Å². The van der Waals surface area contributed by atoms with Crippen LogP contribution in [0.4, 0.5) is 0 Å². The van der Waals surface area contributed by atoms with Gasteiger partial charge in [-0.15, -0.1) is 0 Å². The molecule has 0 N–H and O–H groups in total. The van der Waals surface area contributed by atoms with Crippen LogP contribution >= 0.6 is 0 Å². The molecule has 0 amide bonds. The number of hydrogen-bond acceptors (Lipinski definition) is 0. The zero-order chi connectivity index (χ0) is 12.7. The summed E-state index contributed by atoms with van der Waals surface area (Å²) in [4.78, 5) is 0. The van der Waals surface area contributed by atoms with E-state index < -0.39 is 0 Å². The second kappa shape index (κ2) is 7.14. The average molecular weight is 224 g/mol. The van der Waals surface area contributed by atoms with Crippen molar-refractivity contribution in [3.05, 3.63) is 12.2 Å². The van der Waals surface area contributed by atoms with E-state index >= 15 is 0 Å². The maximum absolute atomic E-state index is 2.53. The molecule has 0 atom stereocenters. The highest BCUT2D eigenvalue weighted by atomic mass is 14.4. The Kier molecular flexibility index (Phi) is 7.03. The van der Waals surface area contributed by atoms with Crippen molar-refractivity contribution in [3.8, 4) is 0 Å². The van der Waals surface area contributed by atoms with Crippen LogP contribution in [0.25, 0.3) is 0 Å². The Balaban J connectivity index is 0.00000106. The molecule has 0 bridgehead atoms. The molecule has 16 heavy (non-hydrogen) atoms. The fourth-order valence-electron chi connectivity index (χ4n) is 2.70. The van der Waals surface area contributed by atoms with Crippen LogP contribution in [0.5, 0.6) is 0 Å². The molecule has 96 valence electrons. The molecule has 0 radical (unpaired) electrons. The molecule has 0 saturated carbocycles.